The minimum absolute atomic E-state index is 0.0137. The number of thioether (sulfide) groups is 1. The van der Waals surface area contributed by atoms with E-state index in [2.05, 4.69) is 5.32 Å². The molecule has 1 rings (SSSR count). The quantitative estimate of drug-likeness (QED) is 0.821. The van der Waals surface area contributed by atoms with Crippen LogP contribution < -0.4 is 10.1 Å². The second kappa shape index (κ2) is 6.05. The van der Waals surface area contributed by atoms with Crippen molar-refractivity contribution in [3.05, 3.63) is 23.8 Å². The zero-order valence-corrected chi connectivity index (χ0v) is 10.4. The van der Waals surface area contributed by atoms with E-state index in [0.29, 0.717) is 5.75 Å². The van der Waals surface area contributed by atoms with E-state index in [1.165, 1.54) is 0 Å². The maximum absolute atomic E-state index is 11.9. The first kappa shape index (κ1) is 14.0. The van der Waals surface area contributed by atoms with Crippen molar-refractivity contribution in [3.8, 4) is 5.75 Å². The van der Waals surface area contributed by atoms with Gasteiger partial charge in [-0.1, -0.05) is 6.07 Å². The zero-order valence-electron chi connectivity index (χ0n) is 9.60. The molecular formula is C11H14F3NOS. The van der Waals surface area contributed by atoms with Gasteiger partial charge < -0.3 is 10.1 Å². The van der Waals surface area contributed by atoms with Gasteiger partial charge in [-0.2, -0.15) is 13.2 Å². The van der Waals surface area contributed by atoms with Crippen molar-refractivity contribution in [1.82, 2.24) is 0 Å². The average molecular weight is 265 g/mol. The normalized spacial score (nSPS) is 11.4. The summed E-state index contributed by atoms with van der Waals surface area (Å²) < 4.78 is 40.7. The summed E-state index contributed by atoms with van der Waals surface area (Å²) in [5, 5.41) is 2.96. The summed E-state index contributed by atoms with van der Waals surface area (Å²) in [4.78, 5) is 0. The lowest BCUT2D eigenvalue weighted by molar-refractivity contribution is -0.0327. The summed E-state index contributed by atoms with van der Waals surface area (Å²) in [6.45, 7) is 2.15. The third kappa shape index (κ3) is 5.21. The van der Waals surface area contributed by atoms with Gasteiger partial charge in [0.15, 0.2) is 0 Å². The SMILES string of the molecule is COc1ccc(C)c(NCCSC(F)(F)F)c1. The average Bonchev–Trinajstić information content (AvgIpc) is 2.25. The fourth-order valence-corrected chi connectivity index (χ4v) is 1.71. The van der Waals surface area contributed by atoms with Crippen LogP contribution in [0.25, 0.3) is 0 Å². The molecule has 0 aliphatic heterocycles. The van der Waals surface area contributed by atoms with Crippen LogP contribution >= 0.6 is 11.8 Å². The van der Waals surface area contributed by atoms with Crippen LogP contribution in [0.2, 0.25) is 0 Å². The molecule has 0 unspecified atom stereocenters. The molecule has 0 fully saturated rings. The summed E-state index contributed by atoms with van der Waals surface area (Å²) in [5.41, 5.74) is -2.39. The van der Waals surface area contributed by atoms with E-state index < -0.39 is 5.51 Å². The van der Waals surface area contributed by atoms with Gasteiger partial charge in [0, 0.05) is 24.1 Å². The number of nitrogens with one attached hydrogen (secondary N) is 1. The monoisotopic (exact) mass is 265 g/mol. The first-order chi connectivity index (χ1) is 7.92. The Hall–Kier alpha value is -1.04. The molecule has 0 atom stereocenters. The van der Waals surface area contributed by atoms with Crippen molar-refractivity contribution in [3.63, 3.8) is 0 Å². The Kier molecular flexibility index (Phi) is 4.99. The molecule has 0 aromatic heterocycles. The van der Waals surface area contributed by atoms with Crippen LogP contribution in [0.3, 0.4) is 0 Å². The van der Waals surface area contributed by atoms with Gasteiger partial charge in [-0.05, 0) is 30.3 Å². The van der Waals surface area contributed by atoms with E-state index in [-0.39, 0.29) is 24.1 Å². The standard InChI is InChI=1S/C11H14F3NOS/c1-8-3-4-9(16-2)7-10(8)15-5-6-17-11(12,13)14/h3-4,7,15H,5-6H2,1-2H3. The fraction of sp³-hybridized carbons (Fsp3) is 0.455. The Morgan fingerprint density at radius 3 is 2.65 bits per heavy atom. The van der Waals surface area contributed by atoms with Crippen LogP contribution in [-0.4, -0.2) is 24.9 Å². The van der Waals surface area contributed by atoms with E-state index in [1.807, 2.05) is 19.1 Å². The highest BCUT2D eigenvalue weighted by atomic mass is 32.2. The zero-order chi connectivity index (χ0) is 12.9. The topological polar surface area (TPSA) is 21.3 Å². The van der Waals surface area contributed by atoms with Crippen LogP contribution in [-0.2, 0) is 0 Å². The van der Waals surface area contributed by atoms with Crippen LogP contribution in [0.5, 0.6) is 5.75 Å². The van der Waals surface area contributed by atoms with E-state index in [4.69, 9.17) is 4.74 Å². The van der Waals surface area contributed by atoms with Gasteiger partial charge in [0.05, 0.1) is 7.11 Å². The van der Waals surface area contributed by atoms with Crippen LogP contribution in [0.15, 0.2) is 18.2 Å². The molecule has 0 aliphatic carbocycles. The molecule has 2 nitrogen and oxygen atoms in total. The summed E-state index contributed by atoms with van der Waals surface area (Å²) in [5.74, 6) is 0.668. The number of hydrogen-bond acceptors (Lipinski definition) is 3. The van der Waals surface area contributed by atoms with Gasteiger partial charge in [0.2, 0.25) is 0 Å². The van der Waals surface area contributed by atoms with Crippen LogP contribution in [0.1, 0.15) is 5.56 Å². The molecule has 0 aliphatic rings. The Morgan fingerprint density at radius 2 is 2.06 bits per heavy atom. The van der Waals surface area contributed by atoms with Gasteiger partial charge in [0.1, 0.15) is 5.75 Å². The second-order valence-corrected chi connectivity index (χ2v) is 4.56. The van der Waals surface area contributed by atoms with Gasteiger partial charge in [-0.25, -0.2) is 0 Å². The maximum Gasteiger partial charge on any atom is 0.441 e. The predicted octanol–water partition coefficient (Wildman–Crippen LogP) is 3.67. The molecular weight excluding hydrogens is 251 g/mol. The Balaban J connectivity index is 2.46. The summed E-state index contributed by atoms with van der Waals surface area (Å²) >= 11 is -0.0251. The molecule has 1 aromatic rings. The Labute approximate surface area is 103 Å². The molecule has 0 amide bonds. The van der Waals surface area contributed by atoms with E-state index in [9.17, 15) is 13.2 Å². The summed E-state index contributed by atoms with van der Waals surface area (Å²) in [6, 6.07) is 5.44. The maximum atomic E-state index is 11.9. The van der Waals surface area contributed by atoms with Crippen molar-refractivity contribution in [2.24, 2.45) is 0 Å². The number of ether oxygens (including phenoxy) is 1. The van der Waals surface area contributed by atoms with Crippen molar-refractivity contribution in [2.75, 3.05) is 24.7 Å². The molecule has 0 spiro atoms. The van der Waals surface area contributed by atoms with Crippen molar-refractivity contribution in [1.29, 1.82) is 0 Å². The van der Waals surface area contributed by atoms with E-state index in [0.717, 1.165) is 11.3 Å². The first-order valence-electron chi connectivity index (χ1n) is 5.01. The molecule has 96 valence electrons. The number of hydrogen-bond donors (Lipinski definition) is 1. The van der Waals surface area contributed by atoms with Crippen molar-refractivity contribution in [2.45, 2.75) is 12.4 Å². The number of methoxy groups -OCH3 is 1. The number of halogens is 3. The number of benzene rings is 1. The summed E-state index contributed by atoms with van der Waals surface area (Å²) in [7, 11) is 1.55. The highest BCUT2D eigenvalue weighted by Gasteiger charge is 2.27. The van der Waals surface area contributed by atoms with E-state index in [1.54, 1.807) is 13.2 Å². The highest BCUT2D eigenvalue weighted by molar-refractivity contribution is 8.00. The molecule has 0 heterocycles. The Morgan fingerprint density at radius 1 is 1.35 bits per heavy atom. The van der Waals surface area contributed by atoms with Gasteiger partial charge in [-0.15, -0.1) is 0 Å². The molecule has 1 N–H and O–H groups in total. The first-order valence-corrected chi connectivity index (χ1v) is 6.00. The lowest BCUT2D eigenvalue weighted by atomic mass is 10.2. The van der Waals surface area contributed by atoms with E-state index >= 15 is 0 Å². The predicted molar refractivity (Wildman–Crippen MR) is 64.7 cm³/mol. The third-order valence-electron chi connectivity index (χ3n) is 2.13. The molecule has 0 bridgehead atoms. The molecule has 0 radical (unpaired) electrons. The lowest BCUT2D eigenvalue weighted by Gasteiger charge is -2.11. The molecule has 6 heteroatoms. The summed E-state index contributed by atoms with van der Waals surface area (Å²) in [6.07, 6.45) is 0. The minimum atomic E-state index is -4.16. The molecule has 0 saturated heterocycles. The highest BCUT2D eigenvalue weighted by Crippen LogP contribution is 2.30. The molecule has 17 heavy (non-hydrogen) atoms. The smallest absolute Gasteiger partial charge is 0.441 e. The van der Waals surface area contributed by atoms with Crippen LogP contribution in [0.4, 0.5) is 18.9 Å². The van der Waals surface area contributed by atoms with Gasteiger partial charge >= 0.3 is 5.51 Å². The lowest BCUT2D eigenvalue weighted by Crippen LogP contribution is -2.10. The minimum Gasteiger partial charge on any atom is -0.497 e. The Bertz CT molecular complexity index is 368. The molecule has 0 saturated carbocycles. The fourth-order valence-electron chi connectivity index (χ4n) is 1.27. The van der Waals surface area contributed by atoms with Crippen LogP contribution in [0, 0.1) is 6.92 Å². The third-order valence-corrected chi connectivity index (χ3v) is 2.86. The molecule has 1 aromatic carbocycles. The number of anilines is 1. The number of rotatable bonds is 5. The second-order valence-electron chi connectivity index (χ2n) is 3.40. The number of alkyl halides is 3. The van der Waals surface area contributed by atoms with Gasteiger partial charge in [-0.3, -0.25) is 0 Å². The number of aryl methyl sites for hydroxylation is 1. The van der Waals surface area contributed by atoms with Crippen molar-refractivity contribution < 1.29 is 17.9 Å². The van der Waals surface area contributed by atoms with Crippen molar-refractivity contribution >= 4 is 17.4 Å². The van der Waals surface area contributed by atoms with Gasteiger partial charge in [0.25, 0.3) is 0 Å². The largest absolute Gasteiger partial charge is 0.497 e.